The van der Waals surface area contributed by atoms with Crippen molar-refractivity contribution in [1.82, 2.24) is 9.78 Å². The molecule has 3 aromatic carbocycles. The predicted molar refractivity (Wildman–Crippen MR) is 143 cm³/mol. The van der Waals surface area contributed by atoms with E-state index in [2.05, 4.69) is 36.4 Å². The molecule has 3 atom stereocenters. The lowest BCUT2D eigenvalue weighted by Gasteiger charge is -2.47. The molecule has 6 rings (SSSR count). The van der Waals surface area contributed by atoms with Crippen molar-refractivity contribution in [3.8, 4) is 34.2 Å². The quantitative estimate of drug-likeness (QED) is 0.387. The number of benzene rings is 3. The first-order valence-electron chi connectivity index (χ1n) is 12.6. The van der Waals surface area contributed by atoms with Crippen LogP contribution in [0.4, 0.5) is 0 Å². The smallest absolute Gasteiger partial charge is 0.176 e. The number of Topliss-reactive ketones (excluding diaryl/α,β-unsaturated/α-hetero) is 1. The number of aromatic nitrogens is 2. The van der Waals surface area contributed by atoms with Gasteiger partial charge in [0, 0.05) is 24.1 Å². The van der Waals surface area contributed by atoms with Gasteiger partial charge in [0.05, 0.1) is 22.4 Å². The first kappa shape index (κ1) is 23.0. The number of rotatable bonds is 3. The van der Waals surface area contributed by atoms with Crippen LogP contribution < -0.4 is 0 Å². The molecule has 4 aromatic rings. The van der Waals surface area contributed by atoms with E-state index in [1.165, 1.54) is 5.56 Å². The number of nitriles is 1. The Bertz CT molecular complexity index is 1590. The summed E-state index contributed by atoms with van der Waals surface area (Å²) < 4.78 is 1.95. The van der Waals surface area contributed by atoms with Crippen molar-refractivity contribution in [2.45, 2.75) is 25.2 Å². The van der Waals surface area contributed by atoms with Gasteiger partial charge in [0.1, 0.15) is 11.8 Å². The molecule has 0 saturated heterocycles. The van der Waals surface area contributed by atoms with Gasteiger partial charge in [0.25, 0.3) is 0 Å². The standard InChI is InChI=1S/C32H27N3O2/c1-20-28-16-15-27-29(23-8-6-7-22(17-23)21-11-13-26(36)14-12-21)35(2)34-31(27)32(28,18-24(19-33)30(20)37)25-9-4-3-5-10-25/h3-14,17-18,20,28,36H,15-16H2,1-2H3/t20-,28-,32+/m0/s1. The zero-order valence-electron chi connectivity index (χ0n) is 20.8. The number of hydrogen-bond donors (Lipinski definition) is 1. The van der Waals surface area contributed by atoms with Gasteiger partial charge in [0.15, 0.2) is 5.78 Å². The highest BCUT2D eigenvalue weighted by Gasteiger charge is 2.54. The summed E-state index contributed by atoms with van der Waals surface area (Å²) >= 11 is 0. The third-order valence-electron chi connectivity index (χ3n) is 8.19. The van der Waals surface area contributed by atoms with Crippen LogP contribution in [-0.4, -0.2) is 20.7 Å². The summed E-state index contributed by atoms with van der Waals surface area (Å²) in [7, 11) is 1.97. The van der Waals surface area contributed by atoms with Crippen LogP contribution in [0.15, 0.2) is 90.5 Å². The highest BCUT2D eigenvalue weighted by Crippen LogP contribution is 2.54. The van der Waals surface area contributed by atoms with E-state index < -0.39 is 5.41 Å². The molecule has 0 saturated carbocycles. The summed E-state index contributed by atoms with van der Waals surface area (Å²) in [5, 5.41) is 24.7. The predicted octanol–water partition coefficient (Wildman–Crippen LogP) is 5.98. The lowest BCUT2D eigenvalue weighted by Crippen LogP contribution is -2.48. The monoisotopic (exact) mass is 485 g/mol. The van der Waals surface area contributed by atoms with Gasteiger partial charge in [-0.3, -0.25) is 9.48 Å². The van der Waals surface area contributed by atoms with Crippen LogP contribution in [0, 0.1) is 23.2 Å². The van der Waals surface area contributed by atoms with E-state index in [0.29, 0.717) is 0 Å². The van der Waals surface area contributed by atoms with E-state index in [-0.39, 0.29) is 28.9 Å². The van der Waals surface area contributed by atoms with Crippen LogP contribution in [0.1, 0.15) is 30.2 Å². The van der Waals surface area contributed by atoms with Gasteiger partial charge in [-0.25, -0.2) is 0 Å². The van der Waals surface area contributed by atoms with Gasteiger partial charge in [-0.05, 0) is 59.7 Å². The Balaban J connectivity index is 1.58. The largest absolute Gasteiger partial charge is 0.508 e. The SMILES string of the molecule is C[C@@H]1C(=O)C(C#N)=C[C@]2(c3ccccc3)c3nn(C)c(-c4cccc(-c5ccc(O)cc5)c4)c3CC[C@@H]12. The van der Waals surface area contributed by atoms with Crippen LogP contribution in [0.2, 0.25) is 0 Å². The number of aryl methyl sites for hydroxylation is 1. The summed E-state index contributed by atoms with van der Waals surface area (Å²) in [5.41, 5.74) is 6.96. The Morgan fingerprint density at radius 1 is 1.00 bits per heavy atom. The highest BCUT2D eigenvalue weighted by atomic mass is 16.3. The molecular weight excluding hydrogens is 458 g/mol. The number of nitrogens with zero attached hydrogens (tertiary/aromatic N) is 3. The molecule has 37 heavy (non-hydrogen) atoms. The van der Waals surface area contributed by atoms with Gasteiger partial charge >= 0.3 is 0 Å². The second-order valence-corrected chi connectivity index (χ2v) is 10.1. The zero-order chi connectivity index (χ0) is 25.7. The van der Waals surface area contributed by atoms with Crippen molar-refractivity contribution >= 4 is 5.78 Å². The molecule has 1 heterocycles. The van der Waals surface area contributed by atoms with Crippen LogP contribution >= 0.6 is 0 Å². The second-order valence-electron chi connectivity index (χ2n) is 10.1. The van der Waals surface area contributed by atoms with E-state index in [1.54, 1.807) is 12.1 Å². The Hall–Kier alpha value is -4.43. The molecule has 0 fully saturated rings. The van der Waals surface area contributed by atoms with Gasteiger partial charge in [-0.15, -0.1) is 0 Å². The molecule has 2 aliphatic rings. The Labute approximate surface area is 216 Å². The number of carbonyl (C=O) groups is 1. The molecule has 182 valence electrons. The molecule has 0 amide bonds. The Morgan fingerprint density at radius 3 is 2.46 bits per heavy atom. The molecular formula is C32H27N3O2. The molecule has 0 bridgehead atoms. The lowest BCUT2D eigenvalue weighted by atomic mass is 9.54. The van der Waals surface area contributed by atoms with E-state index in [4.69, 9.17) is 5.10 Å². The maximum Gasteiger partial charge on any atom is 0.176 e. The number of allylic oxidation sites excluding steroid dienone is 2. The zero-order valence-corrected chi connectivity index (χ0v) is 20.8. The average Bonchev–Trinajstić information content (AvgIpc) is 3.28. The topological polar surface area (TPSA) is 78.9 Å². The van der Waals surface area contributed by atoms with Crippen LogP contribution in [0.3, 0.4) is 0 Å². The summed E-state index contributed by atoms with van der Waals surface area (Å²) in [6.07, 6.45) is 3.55. The van der Waals surface area contributed by atoms with E-state index in [0.717, 1.165) is 46.5 Å². The van der Waals surface area contributed by atoms with Crippen LogP contribution in [0.25, 0.3) is 22.4 Å². The number of phenolic OH excluding ortho intramolecular Hbond substituents is 1. The Kier molecular flexibility index (Phi) is 5.35. The van der Waals surface area contributed by atoms with E-state index in [1.807, 2.05) is 61.1 Å². The fourth-order valence-corrected chi connectivity index (χ4v) is 6.48. The van der Waals surface area contributed by atoms with Crippen molar-refractivity contribution in [2.75, 3.05) is 0 Å². The second kappa shape index (κ2) is 8.60. The maximum absolute atomic E-state index is 13.1. The third-order valence-corrected chi connectivity index (χ3v) is 8.19. The molecule has 0 unspecified atom stereocenters. The fourth-order valence-electron chi connectivity index (χ4n) is 6.48. The normalized spacial score (nSPS) is 22.5. The first-order chi connectivity index (χ1) is 17.9. The van der Waals surface area contributed by atoms with Crippen molar-refractivity contribution in [3.63, 3.8) is 0 Å². The van der Waals surface area contributed by atoms with Crippen molar-refractivity contribution in [2.24, 2.45) is 18.9 Å². The molecule has 0 aliphatic heterocycles. The molecule has 5 heteroatoms. The van der Waals surface area contributed by atoms with Gasteiger partial charge in [0.2, 0.25) is 0 Å². The minimum atomic E-state index is -0.641. The summed E-state index contributed by atoms with van der Waals surface area (Å²) in [4.78, 5) is 13.1. The lowest BCUT2D eigenvalue weighted by molar-refractivity contribution is -0.121. The van der Waals surface area contributed by atoms with Crippen molar-refractivity contribution < 1.29 is 9.90 Å². The van der Waals surface area contributed by atoms with Crippen LogP contribution in [-0.2, 0) is 23.7 Å². The summed E-state index contributed by atoms with van der Waals surface area (Å²) in [6, 6.07) is 28.0. The molecule has 2 aliphatic carbocycles. The first-order valence-corrected chi connectivity index (χ1v) is 12.6. The molecule has 0 radical (unpaired) electrons. The van der Waals surface area contributed by atoms with Gasteiger partial charge < -0.3 is 5.11 Å². The summed E-state index contributed by atoms with van der Waals surface area (Å²) in [5.74, 6) is -0.0685. The highest BCUT2D eigenvalue weighted by molar-refractivity contribution is 6.02. The number of fused-ring (bicyclic) bond motifs is 3. The molecule has 1 aromatic heterocycles. The Morgan fingerprint density at radius 2 is 1.73 bits per heavy atom. The molecule has 5 nitrogen and oxygen atoms in total. The number of hydrogen-bond acceptors (Lipinski definition) is 4. The fraction of sp³-hybridized carbons (Fsp3) is 0.219. The van der Waals surface area contributed by atoms with Crippen molar-refractivity contribution in [3.05, 3.63) is 107 Å². The van der Waals surface area contributed by atoms with Crippen LogP contribution in [0.5, 0.6) is 5.75 Å². The summed E-state index contributed by atoms with van der Waals surface area (Å²) in [6.45, 7) is 1.96. The third kappa shape index (κ3) is 3.44. The number of ketones is 1. The minimum absolute atomic E-state index is 0.0260. The van der Waals surface area contributed by atoms with Crippen molar-refractivity contribution in [1.29, 1.82) is 5.26 Å². The number of phenols is 1. The number of aromatic hydroxyl groups is 1. The van der Waals surface area contributed by atoms with E-state index in [9.17, 15) is 15.2 Å². The maximum atomic E-state index is 13.1. The number of carbonyl (C=O) groups excluding carboxylic acids is 1. The molecule has 0 spiro atoms. The van der Waals surface area contributed by atoms with Gasteiger partial charge in [-0.1, -0.05) is 67.6 Å². The average molecular weight is 486 g/mol. The minimum Gasteiger partial charge on any atom is -0.508 e. The molecule has 1 N–H and O–H groups in total. The van der Waals surface area contributed by atoms with Gasteiger partial charge in [-0.2, -0.15) is 10.4 Å². The van der Waals surface area contributed by atoms with E-state index >= 15 is 0 Å².